The van der Waals surface area contributed by atoms with Gasteiger partial charge in [-0.2, -0.15) is 4.31 Å². The molecule has 0 aliphatic carbocycles. The number of piperidine rings is 1. The van der Waals surface area contributed by atoms with Crippen molar-refractivity contribution in [2.45, 2.75) is 63.3 Å². The van der Waals surface area contributed by atoms with Gasteiger partial charge in [-0.25, -0.2) is 8.42 Å². The summed E-state index contributed by atoms with van der Waals surface area (Å²) in [5.74, 6) is -1.07. The molecule has 1 fully saturated rings. The van der Waals surface area contributed by atoms with Crippen LogP contribution in [0.5, 0.6) is 0 Å². The maximum atomic E-state index is 13.1. The molecule has 1 heterocycles. The Morgan fingerprint density at radius 1 is 1.26 bits per heavy atom. The Morgan fingerprint density at radius 3 is 2.48 bits per heavy atom. The highest BCUT2D eigenvalue weighted by Crippen LogP contribution is 2.31. The summed E-state index contributed by atoms with van der Waals surface area (Å²) >= 11 is 0. The van der Waals surface area contributed by atoms with Crippen molar-refractivity contribution in [2.24, 2.45) is 0 Å². The fourth-order valence-electron chi connectivity index (χ4n) is 2.91. The lowest BCUT2D eigenvalue weighted by Crippen LogP contribution is -2.48. The number of hydrogen-bond acceptors (Lipinski definition) is 3. The number of sulfonamides is 1. The van der Waals surface area contributed by atoms with E-state index in [9.17, 15) is 18.3 Å². The number of aliphatic carboxylic acids is 1. The summed E-state index contributed by atoms with van der Waals surface area (Å²) < 4.78 is 27.3. The van der Waals surface area contributed by atoms with Gasteiger partial charge in [0, 0.05) is 6.54 Å². The lowest BCUT2D eigenvalue weighted by molar-refractivity contribution is -0.142. The molecule has 128 valence electrons. The smallest absolute Gasteiger partial charge is 0.322 e. The summed E-state index contributed by atoms with van der Waals surface area (Å²) in [6.45, 7) is 8.08. The number of rotatable bonds is 3. The number of carbonyl (C=O) groups is 1. The molecule has 1 saturated heterocycles. The summed E-state index contributed by atoms with van der Waals surface area (Å²) in [4.78, 5) is 11.7. The molecule has 1 aliphatic rings. The highest BCUT2D eigenvalue weighted by atomic mass is 32.2. The molecule has 1 aromatic carbocycles. The molecule has 0 spiro atoms. The Kier molecular flexibility index (Phi) is 4.87. The van der Waals surface area contributed by atoms with E-state index in [2.05, 4.69) is 0 Å². The van der Waals surface area contributed by atoms with Gasteiger partial charge in [-0.15, -0.1) is 0 Å². The average molecular weight is 339 g/mol. The topological polar surface area (TPSA) is 74.7 Å². The quantitative estimate of drug-likeness (QED) is 0.919. The number of nitrogens with zero attached hydrogens (tertiary/aromatic N) is 1. The van der Waals surface area contributed by atoms with Crippen LogP contribution < -0.4 is 0 Å². The van der Waals surface area contributed by atoms with Crippen molar-refractivity contribution in [1.29, 1.82) is 0 Å². The molecular formula is C17H25NO4S. The lowest BCUT2D eigenvalue weighted by Gasteiger charge is -2.32. The Balaban J connectivity index is 2.52. The van der Waals surface area contributed by atoms with Gasteiger partial charge in [-0.05, 0) is 48.8 Å². The maximum absolute atomic E-state index is 13.1. The second-order valence-corrected chi connectivity index (χ2v) is 9.05. The Labute approximate surface area is 138 Å². The van der Waals surface area contributed by atoms with Gasteiger partial charge in [-0.1, -0.05) is 32.9 Å². The van der Waals surface area contributed by atoms with E-state index in [1.165, 1.54) is 0 Å². The largest absolute Gasteiger partial charge is 0.480 e. The van der Waals surface area contributed by atoms with Crippen molar-refractivity contribution in [2.75, 3.05) is 6.54 Å². The van der Waals surface area contributed by atoms with Crippen LogP contribution in [0.25, 0.3) is 0 Å². The zero-order valence-corrected chi connectivity index (χ0v) is 15.0. The normalized spacial score (nSPS) is 20.4. The molecule has 0 saturated carbocycles. The van der Waals surface area contributed by atoms with Gasteiger partial charge in [0.15, 0.2) is 0 Å². The first-order valence-electron chi connectivity index (χ1n) is 7.91. The SMILES string of the molecule is Cc1ccc(C(C)(C)C)cc1S(=O)(=O)N1CCCCC1C(=O)O. The molecule has 6 heteroatoms. The van der Waals surface area contributed by atoms with Gasteiger partial charge in [0.25, 0.3) is 0 Å². The molecule has 1 atom stereocenters. The second kappa shape index (κ2) is 6.24. The van der Waals surface area contributed by atoms with E-state index in [0.29, 0.717) is 18.4 Å². The summed E-state index contributed by atoms with van der Waals surface area (Å²) in [5, 5.41) is 9.37. The van der Waals surface area contributed by atoms with E-state index in [4.69, 9.17) is 0 Å². The predicted molar refractivity (Wildman–Crippen MR) is 89.0 cm³/mol. The minimum atomic E-state index is -3.82. The third-order valence-electron chi connectivity index (χ3n) is 4.38. The van der Waals surface area contributed by atoms with Crippen molar-refractivity contribution < 1.29 is 18.3 Å². The first-order valence-corrected chi connectivity index (χ1v) is 9.35. The summed E-state index contributed by atoms with van der Waals surface area (Å²) in [5.41, 5.74) is 1.39. The van der Waals surface area contributed by atoms with Crippen LogP contribution in [0.2, 0.25) is 0 Å². The molecule has 1 aromatic rings. The van der Waals surface area contributed by atoms with E-state index in [-0.39, 0.29) is 16.9 Å². The maximum Gasteiger partial charge on any atom is 0.322 e. The number of carboxylic acids is 1. The monoisotopic (exact) mass is 339 g/mol. The molecule has 0 amide bonds. The fourth-order valence-corrected chi connectivity index (χ4v) is 4.81. The van der Waals surface area contributed by atoms with Gasteiger partial charge in [0.2, 0.25) is 10.0 Å². The van der Waals surface area contributed by atoms with E-state index < -0.39 is 22.0 Å². The number of benzene rings is 1. The summed E-state index contributed by atoms with van der Waals surface area (Å²) in [7, 11) is -3.82. The minimum absolute atomic E-state index is 0.175. The molecule has 0 aromatic heterocycles. The Morgan fingerprint density at radius 2 is 1.91 bits per heavy atom. The molecule has 2 rings (SSSR count). The van der Waals surface area contributed by atoms with Crippen LogP contribution in [0.3, 0.4) is 0 Å². The van der Waals surface area contributed by atoms with Crippen molar-refractivity contribution in [3.63, 3.8) is 0 Å². The molecule has 1 unspecified atom stereocenters. The molecular weight excluding hydrogens is 314 g/mol. The Hall–Kier alpha value is -1.40. The van der Waals surface area contributed by atoms with Gasteiger partial charge >= 0.3 is 5.97 Å². The standard InChI is InChI=1S/C17H25NO4S/c1-12-8-9-13(17(2,3)4)11-15(12)23(21,22)18-10-6-5-7-14(18)16(19)20/h8-9,11,14H,5-7,10H2,1-4H3,(H,19,20). The number of aryl methyl sites for hydroxylation is 1. The molecule has 5 nitrogen and oxygen atoms in total. The third kappa shape index (κ3) is 3.58. The lowest BCUT2D eigenvalue weighted by atomic mass is 9.87. The van der Waals surface area contributed by atoms with Gasteiger partial charge in [0.05, 0.1) is 4.90 Å². The van der Waals surface area contributed by atoms with Gasteiger partial charge < -0.3 is 5.11 Å². The summed E-state index contributed by atoms with van der Waals surface area (Å²) in [6, 6.07) is 4.45. The highest BCUT2D eigenvalue weighted by molar-refractivity contribution is 7.89. The predicted octanol–water partition coefficient (Wildman–Crippen LogP) is 2.92. The van der Waals surface area contributed by atoms with E-state index in [1.54, 1.807) is 19.1 Å². The number of hydrogen-bond donors (Lipinski definition) is 1. The van der Waals surface area contributed by atoms with Crippen molar-refractivity contribution in [1.82, 2.24) is 4.31 Å². The van der Waals surface area contributed by atoms with Crippen LogP contribution in [0.1, 0.15) is 51.2 Å². The van der Waals surface area contributed by atoms with Crippen LogP contribution >= 0.6 is 0 Å². The van der Waals surface area contributed by atoms with Crippen molar-refractivity contribution in [3.05, 3.63) is 29.3 Å². The van der Waals surface area contributed by atoms with Gasteiger partial charge in [-0.3, -0.25) is 4.79 Å². The Bertz CT molecular complexity index is 704. The third-order valence-corrected chi connectivity index (χ3v) is 6.43. The second-order valence-electron chi connectivity index (χ2n) is 7.20. The molecule has 23 heavy (non-hydrogen) atoms. The van der Waals surface area contributed by atoms with Crippen molar-refractivity contribution in [3.8, 4) is 0 Å². The van der Waals surface area contributed by atoms with E-state index >= 15 is 0 Å². The highest BCUT2D eigenvalue weighted by Gasteiger charge is 2.38. The first-order chi connectivity index (χ1) is 10.5. The molecule has 0 radical (unpaired) electrons. The van der Waals surface area contributed by atoms with Crippen molar-refractivity contribution >= 4 is 16.0 Å². The van der Waals surface area contributed by atoms with Gasteiger partial charge in [0.1, 0.15) is 6.04 Å². The first kappa shape index (κ1) is 17.9. The minimum Gasteiger partial charge on any atom is -0.480 e. The fraction of sp³-hybridized carbons (Fsp3) is 0.588. The van der Waals surface area contributed by atoms with Crippen LogP contribution in [-0.4, -0.2) is 36.4 Å². The average Bonchev–Trinajstić information content (AvgIpc) is 2.46. The molecule has 1 N–H and O–H groups in total. The van der Waals surface area contributed by atoms with Crippen LogP contribution in [0.15, 0.2) is 23.1 Å². The zero-order chi connectivity index (χ0) is 17.4. The summed E-state index contributed by atoms with van der Waals surface area (Å²) in [6.07, 6.45) is 1.80. The van der Waals surface area contributed by atoms with Crippen LogP contribution in [0.4, 0.5) is 0 Å². The number of carboxylic acid groups (broad SMARTS) is 1. The zero-order valence-electron chi connectivity index (χ0n) is 14.2. The van der Waals surface area contributed by atoms with E-state index in [1.807, 2.05) is 26.8 Å². The van der Waals surface area contributed by atoms with Crippen LogP contribution in [0, 0.1) is 6.92 Å². The molecule has 0 bridgehead atoms. The van der Waals surface area contributed by atoms with E-state index in [0.717, 1.165) is 16.3 Å². The van der Waals surface area contributed by atoms with Crippen LogP contribution in [-0.2, 0) is 20.2 Å². The molecule has 1 aliphatic heterocycles.